The lowest BCUT2D eigenvalue weighted by atomic mass is 9.55. The van der Waals surface area contributed by atoms with Crippen molar-refractivity contribution in [3.05, 3.63) is 103 Å². The van der Waals surface area contributed by atoms with Gasteiger partial charge in [0, 0.05) is 56.2 Å². The molecule has 0 bridgehead atoms. The SMILES string of the molecule is COc1ccc(CN2C(=O)C3(CCN(c4ccccc4)CC3)C23C=CN(C(=O)C2CCN(c4ccccc4)CC2)N=C3Cl)cc1. The zero-order chi connectivity index (χ0) is 31.0. The molecule has 3 aromatic rings. The normalized spacial score (nSPS) is 22.9. The van der Waals surface area contributed by atoms with Crippen molar-refractivity contribution in [2.24, 2.45) is 16.4 Å². The quantitative estimate of drug-likeness (QED) is 0.321. The van der Waals surface area contributed by atoms with Crippen LogP contribution in [0.15, 0.2) is 102 Å². The van der Waals surface area contributed by atoms with Crippen LogP contribution in [-0.4, -0.2) is 65.7 Å². The molecule has 0 aliphatic carbocycles. The van der Waals surface area contributed by atoms with Crippen molar-refractivity contribution in [1.82, 2.24) is 9.91 Å². The van der Waals surface area contributed by atoms with Gasteiger partial charge in [-0.1, -0.05) is 60.1 Å². The van der Waals surface area contributed by atoms with Crippen molar-refractivity contribution in [2.45, 2.75) is 37.8 Å². The van der Waals surface area contributed by atoms with Crippen LogP contribution in [-0.2, 0) is 16.1 Å². The number of nitrogens with zero attached hydrogens (tertiary/aromatic N) is 5. The van der Waals surface area contributed by atoms with E-state index in [1.165, 1.54) is 10.7 Å². The summed E-state index contributed by atoms with van der Waals surface area (Å²) in [5, 5.41) is 6.42. The predicted molar refractivity (Wildman–Crippen MR) is 177 cm³/mol. The number of ether oxygens (including phenoxy) is 1. The Morgan fingerprint density at radius 2 is 1.44 bits per heavy atom. The first-order chi connectivity index (χ1) is 21.9. The van der Waals surface area contributed by atoms with Crippen molar-refractivity contribution >= 4 is 40.0 Å². The Hall–Kier alpha value is -4.30. The second kappa shape index (κ2) is 11.9. The standard InChI is InChI=1S/C36H38ClN5O3/c1-45-31-14-12-27(13-15-31)26-41-34(44)35(18-23-40(24-19-35)30-10-6-3-7-11-30)36(41)20-25-42(38-33(36)37)32(43)28-16-21-39(22-17-28)29-8-4-2-5-9-29/h2-15,20,25,28H,16-19,21-24,26H2,1H3. The molecule has 8 nitrogen and oxygen atoms in total. The molecular formula is C36H38ClN5O3. The molecule has 1 unspecified atom stereocenters. The van der Waals surface area contributed by atoms with E-state index in [0.29, 0.717) is 19.4 Å². The molecule has 3 fully saturated rings. The lowest BCUT2D eigenvalue weighted by Gasteiger charge is -2.65. The summed E-state index contributed by atoms with van der Waals surface area (Å²) in [4.78, 5) is 34.4. The third-order valence-corrected chi connectivity index (χ3v) is 10.6. The van der Waals surface area contributed by atoms with E-state index in [0.717, 1.165) is 56.0 Å². The first-order valence-corrected chi connectivity index (χ1v) is 16.1. The van der Waals surface area contributed by atoms with E-state index in [2.05, 4.69) is 34.1 Å². The number of hydrogen-bond donors (Lipinski definition) is 0. The molecule has 0 saturated carbocycles. The molecule has 4 aliphatic rings. The van der Waals surface area contributed by atoms with Gasteiger partial charge in [0.1, 0.15) is 11.3 Å². The van der Waals surface area contributed by atoms with Gasteiger partial charge in [0.2, 0.25) is 11.8 Å². The largest absolute Gasteiger partial charge is 0.497 e. The highest BCUT2D eigenvalue weighted by Crippen LogP contribution is 2.58. The third kappa shape index (κ3) is 4.96. The molecule has 7 rings (SSSR count). The zero-order valence-corrected chi connectivity index (χ0v) is 26.3. The summed E-state index contributed by atoms with van der Waals surface area (Å²) < 4.78 is 5.33. The van der Waals surface area contributed by atoms with Crippen LogP contribution in [0.3, 0.4) is 0 Å². The summed E-state index contributed by atoms with van der Waals surface area (Å²) in [5.41, 5.74) is 1.67. The van der Waals surface area contributed by atoms with Crippen molar-refractivity contribution in [3.63, 3.8) is 0 Å². The number of carbonyl (C=O) groups is 2. The average Bonchev–Trinajstić information content (AvgIpc) is 3.11. The Kier molecular flexibility index (Phi) is 7.78. The molecule has 45 heavy (non-hydrogen) atoms. The Morgan fingerprint density at radius 3 is 2.00 bits per heavy atom. The Bertz CT molecular complexity index is 1600. The molecule has 9 heteroatoms. The number of piperidine rings is 2. The number of β-lactam (4-membered cyclic amide) rings is 1. The van der Waals surface area contributed by atoms with Crippen LogP contribution >= 0.6 is 11.6 Å². The average molecular weight is 624 g/mol. The predicted octanol–water partition coefficient (Wildman–Crippen LogP) is 5.89. The Labute approximate surface area is 269 Å². The van der Waals surface area contributed by atoms with E-state index >= 15 is 0 Å². The highest BCUT2D eigenvalue weighted by Gasteiger charge is 2.72. The van der Waals surface area contributed by atoms with Gasteiger partial charge >= 0.3 is 0 Å². The van der Waals surface area contributed by atoms with Gasteiger partial charge in [0.05, 0.1) is 12.5 Å². The van der Waals surface area contributed by atoms with Gasteiger partial charge in [0.25, 0.3) is 0 Å². The fourth-order valence-electron chi connectivity index (χ4n) is 7.62. The first-order valence-electron chi connectivity index (χ1n) is 15.8. The minimum Gasteiger partial charge on any atom is -0.497 e. The van der Waals surface area contributed by atoms with Crippen LogP contribution in [0, 0.1) is 11.3 Å². The van der Waals surface area contributed by atoms with E-state index in [1.807, 2.05) is 71.6 Å². The maximum Gasteiger partial charge on any atom is 0.250 e. The Morgan fingerprint density at radius 1 is 0.867 bits per heavy atom. The van der Waals surface area contributed by atoms with E-state index in [1.54, 1.807) is 13.3 Å². The van der Waals surface area contributed by atoms with Crippen molar-refractivity contribution in [3.8, 4) is 5.75 Å². The van der Waals surface area contributed by atoms with Gasteiger partial charge in [-0.3, -0.25) is 9.59 Å². The molecule has 0 aromatic heterocycles. The molecule has 3 aromatic carbocycles. The number of amides is 2. The van der Waals surface area contributed by atoms with Gasteiger partial charge in [-0.25, -0.2) is 5.01 Å². The molecule has 3 saturated heterocycles. The van der Waals surface area contributed by atoms with Gasteiger partial charge in [-0.2, -0.15) is 5.10 Å². The minimum absolute atomic E-state index is 0.0488. The molecule has 4 aliphatic heterocycles. The third-order valence-electron chi connectivity index (χ3n) is 10.2. The number of fused-ring (bicyclic) bond motifs is 1. The highest BCUT2D eigenvalue weighted by atomic mass is 35.5. The molecule has 2 spiro atoms. The van der Waals surface area contributed by atoms with Crippen molar-refractivity contribution < 1.29 is 14.3 Å². The van der Waals surface area contributed by atoms with Crippen LogP contribution in [0.25, 0.3) is 0 Å². The maximum atomic E-state index is 14.2. The summed E-state index contributed by atoms with van der Waals surface area (Å²) >= 11 is 7.18. The molecule has 0 N–H and O–H groups in total. The van der Waals surface area contributed by atoms with E-state index in [9.17, 15) is 9.59 Å². The van der Waals surface area contributed by atoms with Gasteiger partial charge < -0.3 is 19.4 Å². The molecule has 1 atom stereocenters. The smallest absolute Gasteiger partial charge is 0.250 e. The van der Waals surface area contributed by atoms with Gasteiger partial charge in [-0.15, -0.1) is 0 Å². The minimum atomic E-state index is -0.915. The summed E-state index contributed by atoms with van der Waals surface area (Å²) in [7, 11) is 1.64. The second-order valence-corrected chi connectivity index (χ2v) is 12.8. The number of likely N-dealkylation sites (tertiary alicyclic amines) is 1. The van der Waals surface area contributed by atoms with E-state index in [-0.39, 0.29) is 22.9 Å². The number of anilines is 2. The highest BCUT2D eigenvalue weighted by molar-refractivity contribution is 6.69. The van der Waals surface area contributed by atoms with E-state index in [4.69, 9.17) is 21.4 Å². The van der Waals surface area contributed by atoms with Crippen molar-refractivity contribution in [1.29, 1.82) is 0 Å². The van der Waals surface area contributed by atoms with Gasteiger partial charge in [0.15, 0.2) is 5.17 Å². The lowest BCUT2D eigenvalue weighted by Crippen LogP contribution is -2.81. The monoisotopic (exact) mass is 623 g/mol. The summed E-state index contributed by atoms with van der Waals surface area (Å²) in [6.07, 6.45) is 6.51. The molecule has 4 heterocycles. The summed E-state index contributed by atoms with van der Waals surface area (Å²) in [6, 6.07) is 28.4. The number of hydrogen-bond acceptors (Lipinski definition) is 6. The lowest BCUT2D eigenvalue weighted by molar-refractivity contribution is -0.180. The fourth-order valence-corrected chi connectivity index (χ4v) is 8.05. The topological polar surface area (TPSA) is 68.7 Å². The zero-order valence-electron chi connectivity index (χ0n) is 25.5. The number of carbonyl (C=O) groups excluding carboxylic acids is 2. The van der Waals surface area contributed by atoms with Crippen LogP contribution in [0.1, 0.15) is 31.2 Å². The van der Waals surface area contributed by atoms with Crippen LogP contribution in [0.4, 0.5) is 11.4 Å². The second-order valence-electron chi connectivity index (χ2n) is 12.4. The van der Waals surface area contributed by atoms with Crippen molar-refractivity contribution in [2.75, 3.05) is 43.1 Å². The van der Waals surface area contributed by atoms with Crippen LogP contribution in [0.5, 0.6) is 5.75 Å². The number of benzene rings is 3. The number of para-hydroxylation sites is 2. The number of rotatable bonds is 6. The fraction of sp³-hybridized carbons (Fsp3) is 0.361. The molecule has 232 valence electrons. The number of hydrazone groups is 1. The summed E-state index contributed by atoms with van der Waals surface area (Å²) in [6.45, 7) is 3.47. The molecular weight excluding hydrogens is 586 g/mol. The Balaban J connectivity index is 1.12. The van der Waals surface area contributed by atoms with Crippen LogP contribution in [0.2, 0.25) is 0 Å². The van der Waals surface area contributed by atoms with Crippen LogP contribution < -0.4 is 14.5 Å². The maximum absolute atomic E-state index is 14.2. The number of methoxy groups -OCH3 is 1. The number of halogens is 1. The van der Waals surface area contributed by atoms with E-state index < -0.39 is 11.0 Å². The first kappa shape index (κ1) is 29.4. The molecule has 0 radical (unpaired) electrons. The molecule has 2 amide bonds. The summed E-state index contributed by atoms with van der Waals surface area (Å²) in [5.74, 6) is 0.650. The van der Waals surface area contributed by atoms with Gasteiger partial charge in [-0.05, 0) is 73.7 Å².